The Bertz CT molecular complexity index is 791. The number of anilines is 1. The molecule has 0 aromatic heterocycles. The molecule has 0 fully saturated rings. The summed E-state index contributed by atoms with van der Waals surface area (Å²) in [5.74, 6) is -1.42. The number of halogens is 1. The van der Waals surface area contributed by atoms with E-state index < -0.39 is 11.8 Å². The van der Waals surface area contributed by atoms with Crippen LogP contribution in [0, 0.1) is 5.82 Å². The van der Waals surface area contributed by atoms with Crippen molar-refractivity contribution in [3.05, 3.63) is 53.8 Å². The molecule has 0 radical (unpaired) electrons. The van der Waals surface area contributed by atoms with Gasteiger partial charge in [-0.25, -0.2) is 9.82 Å². The Morgan fingerprint density at radius 2 is 1.76 bits per heavy atom. The Morgan fingerprint density at radius 1 is 1.04 bits per heavy atom. The maximum atomic E-state index is 12.8. The van der Waals surface area contributed by atoms with Crippen LogP contribution in [0.3, 0.4) is 0 Å². The van der Waals surface area contributed by atoms with Crippen LogP contribution in [0.4, 0.5) is 10.1 Å². The first-order valence-corrected chi connectivity index (χ1v) is 7.15. The average molecular weight is 345 g/mol. The number of ether oxygens (including phenoxy) is 2. The molecule has 0 atom stereocenters. The highest BCUT2D eigenvalue weighted by molar-refractivity contribution is 6.39. The van der Waals surface area contributed by atoms with E-state index in [2.05, 4.69) is 15.8 Å². The number of rotatable bonds is 5. The van der Waals surface area contributed by atoms with Crippen LogP contribution in [0.1, 0.15) is 5.56 Å². The molecule has 7 nitrogen and oxygen atoms in total. The molecule has 0 aliphatic carbocycles. The van der Waals surface area contributed by atoms with Crippen LogP contribution in [0.5, 0.6) is 11.5 Å². The van der Waals surface area contributed by atoms with Crippen molar-refractivity contribution in [1.82, 2.24) is 5.43 Å². The molecule has 0 bridgehead atoms. The van der Waals surface area contributed by atoms with E-state index in [4.69, 9.17) is 9.47 Å². The fourth-order valence-corrected chi connectivity index (χ4v) is 1.86. The first kappa shape index (κ1) is 17.9. The van der Waals surface area contributed by atoms with Gasteiger partial charge in [0.25, 0.3) is 0 Å². The van der Waals surface area contributed by atoms with Crippen molar-refractivity contribution in [3.8, 4) is 11.5 Å². The number of nitrogens with one attached hydrogen (secondary N) is 2. The van der Waals surface area contributed by atoms with E-state index in [1.807, 2.05) is 0 Å². The molecule has 0 unspecified atom stereocenters. The van der Waals surface area contributed by atoms with Gasteiger partial charge in [-0.2, -0.15) is 5.10 Å². The SMILES string of the molecule is COc1ccc(OC)c(NC(=O)C(=O)N/N=C/c2ccc(F)cc2)c1. The second-order valence-electron chi connectivity index (χ2n) is 4.77. The van der Waals surface area contributed by atoms with Crippen molar-refractivity contribution in [2.45, 2.75) is 0 Å². The second-order valence-corrected chi connectivity index (χ2v) is 4.77. The summed E-state index contributed by atoms with van der Waals surface area (Å²) in [5, 5.41) is 6.06. The van der Waals surface area contributed by atoms with E-state index in [1.54, 1.807) is 12.1 Å². The number of nitrogens with zero attached hydrogens (tertiary/aromatic N) is 1. The van der Waals surface area contributed by atoms with Gasteiger partial charge in [-0.05, 0) is 29.8 Å². The van der Waals surface area contributed by atoms with Crippen molar-refractivity contribution >= 4 is 23.7 Å². The van der Waals surface area contributed by atoms with Crippen LogP contribution in [-0.2, 0) is 9.59 Å². The van der Waals surface area contributed by atoms with Gasteiger partial charge in [0.1, 0.15) is 17.3 Å². The van der Waals surface area contributed by atoms with Crippen molar-refractivity contribution in [3.63, 3.8) is 0 Å². The van der Waals surface area contributed by atoms with Gasteiger partial charge in [-0.15, -0.1) is 0 Å². The third-order valence-electron chi connectivity index (χ3n) is 3.11. The molecular formula is C17H16FN3O4. The van der Waals surface area contributed by atoms with E-state index in [9.17, 15) is 14.0 Å². The molecule has 0 aliphatic rings. The van der Waals surface area contributed by atoms with Crippen LogP contribution in [0.15, 0.2) is 47.6 Å². The molecule has 2 N–H and O–H groups in total. The Hall–Kier alpha value is -3.42. The highest BCUT2D eigenvalue weighted by Gasteiger charge is 2.16. The van der Waals surface area contributed by atoms with Crippen LogP contribution < -0.4 is 20.2 Å². The zero-order chi connectivity index (χ0) is 18.2. The number of hydrazone groups is 1. The Labute approximate surface area is 143 Å². The lowest BCUT2D eigenvalue weighted by Crippen LogP contribution is -2.32. The average Bonchev–Trinajstić information content (AvgIpc) is 2.63. The summed E-state index contributed by atoms with van der Waals surface area (Å²) in [7, 11) is 2.91. The van der Waals surface area contributed by atoms with Crippen LogP contribution in [0.2, 0.25) is 0 Å². The van der Waals surface area contributed by atoms with Crippen LogP contribution >= 0.6 is 0 Å². The van der Waals surface area contributed by atoms with E-state index in [1.165, 1.54) is 50.8 Å². The van der Waals surface area contributed by atoms with Crippen molar-refractivity contribution in [1.29, 1.82) is 0 Å². The van der Waals surface area contributed by atoms with E-state index in [0.29, 0.717) is 17.1 Å². The summed E-state index contributed by atoms with van der Waals surface area (Å²) < 4.78 is 23.0. The molecule has 0 heterocycles. The fourth-order valence-electron chi connectivity index (χ4n) is 1.86. The Balaban J connectivity index is 1.98. The third kappa shape index (κ3) is 5.03. The molecule has 8 heteroatoms. The number of benzene rings is 2. The van der Waals surface area contributed by atoms with Crippen molar-refractivity contribution in [2.24, 2.45) is 5.10 Å². The molecule has 2 aromatic rings. The monoisotopic (exact) mass is 345 g/mol. The van der Waals surface area contributed by atoms with E-state index in [-0.39, 0.29) is 11.5 Å². The zero-order valence-electron chi connectivity index (χ0n) is 13.6. The van der Waals surface area contributed by atoms with Gasteiger partial charge in [0.05, 0.1) is 26.1 Å². The molecular weight excluding hydrogens is 329 g/mol. The smallest absolute Gasteiger partial charge is 0.329 e. The van der Waals surface area contributed by atoms with Crippen LogP contribution in [0.25, 0.3) is 0 Å². The van der Waals surface area contributed by atoms with Gasteiger partial charge in [0, 0.05) is 6.07 Å². The number of carbonyl (C=O) groups excluding carboxylic acids is 2. The standard InChI is InChI=1S/C17H16FN3O4/c1-24-13-7-8-15(25-2)14(9-13)20-16(22)17(23)21-19-10-11-3-5-12(18)6-4-11/h3-10H,1-2H3,(H,20,22)(H,21,23)/b19-10+. The third-order valence-corrected chi connectivity index (χ3v) is 3.11. The first-order chi connectivity index (χ1) is 12.0. The van der Waals surface area contributed by atoms with Gasteiger partial charge in [0.15, 0.2) is 0 Å². The summed E-state index contributed by atoms with van der Waals surface area (Å²) in [6.07, 6.45) is 1.29. The fraction of sp³-hybridized carbons (Fsp3) is 0.118. The summed E-state index contributed by atoms with van der Waals surface area (Å²) in [6.45, 7) is 0. The van der Waals surface area contributed by atoms with Crippen molar-refractivity contribution < 1.29 is 23.5 Å². The normalized spacial score (nSPS) is 10.4. The summed E-state index contributed by atoms with van der Waals surface area (Å²) in [5.41, 5.74) is 2.93. The quantitative estimate of drug-likeness (QED) is 0.492. The van der Waals surface area contributed by atoms with Gasteiger partial charge >= 0.3 is 11.8 Å². The van der Waals surface area contributed by atoms with Crippen molar-refractivity contribution in [2.75, 3.05) is 19.5 Å². The predicted octanol–water partition coefficient (Wildman–Crippen LogP) is 1.93. The van der Waals surface area contributed by atoms with Gasteiger partial charge in [0.2, 0.25) is 0 Å². The molecule has 0 saturated carbocycles. The Kier molecular flexibility index (Phi) is 6.05. The molecule has 130 valence electrons. The number of hydrogen-bond acceptors (Lipinski definition) is 5. The number of hydrogen-bond donors (Lipinski definition) is 2. The number of methoxy groups -OCH3 is 2. The topological polar surface area (TPSA) is 89.0 Å². The molecule has 2 aromatic carbocycles. The molecule has 2 rings (SSSR count). The molecule has 0 saturated heterocycles. The minimum atomic E-state index is -0.969. The Morgan fingerprint density at radius 3 is 2.40 bits per heavy atom. The maximum Gasteiger partial charge on any atom is 0.329 e. The molecule has 2 amide bonds. The zero-order valence-corrected chi connectivity index (χ0v) is 13.6. The highest BCUT2D eigenvalue weighted by atomic mass is 19.1. The largest absolute Gasteiger partial charge is 0.497 e. The highest BCUT2D eigenvalue weighted by Crippen LogP contribution is 2.28. The first-order valence-electron chi connectivity index (χ1n) is 7.15. The van der Waals surface area contributed by atoms with Crippen LogP contribution in [-0.4, -0.2) is 32.2 Å². The maximum absolute atomic E-state index is 12.8. The lowest BCUT2D eigenvalue weighted by atomic mass is 10.2. The number of carbonyl (C=O) groups is 2. The summed E-state index contributed by atoms with van der Waals surface area (Å²) in [6, 6.07) is 10.2. The summed E-state index contributed by atoms with van der Waals surface area (Å²) in [4.78, 5) is 23.7. The summed E-state index contributed by atoms with van der Waals surface area (Å²) >= 11 is 0. The molecule has 25 heavy (non-hydrogen) atoms. The van der Waals surface area contributed by atoms with Gasteiger partial charge in [-0.3, -0.25) is 9.59 Å². The minimum Gasteiger partial charge on any atom is -0.497 e. The lowest BCUT2D eigenvalue weighted by molar-refractivity contribution is -0.136. The molecule has 0 spiro atoms. The lowest BCUT2D eigenvalue weighted by Gasteiger charge is -2.11. The van der Waals surface area contributed by atoms with Gasteiger partial charge < -0.3 is 14.8 Å². The molecule has 0 aliphatic heterocycles. The van der Waals surface area contributed by atoms with Gasteiger partial charge in [-0.1, -0.05) is 12.1 Å². The second kappa shape index (κ2) is 8.44. The van der Waals surface area contributed by atoms with E-state index >= 15 is 0 Å². The number of amides is 2. The van der Waals surface area contributed by atoms with E-state index in [0.717, 1.165) is 0 Å². The minimum absolute atomic E-state index is 0.282. The predicted molar refractivity (Wildman–Crippen MR) is 90.3 cm³/mol.